The fourth-order valence-corrected chi connectivity index (χ4v) is 1.74. The van der Waals surface area contributed by atoms with Gasteiger partial charge in [-0.1, -0.05) is 6.07 Å². The lowest BCUT2D eigenvalue weighted by Gasteiger charge is -2.01. The third-order valence-electron chi connectivity index (χ3n) is 1.83. The van der Waals surface area contributed by atoms with Gasteiger partial charge < -0.3 is 0 Å². The molecule has 66 valence electrons. The highest BCUT2D eigenvalue weighted by atomic mass is 79.9. The average Bonchev–Trinajstić information content (AvgIpc) is 2.02. The van der Waals surface area contributed by atoms with Crippen molar-refractivity contribution in [2.75, 3.05) is 0 Å². The summed E-state index contributed by atoms with van der Waals surface area (Å²) >= 11 is 3.16. The molecule has 0 amide bonds. The van der Waals surface area contributed by atoms with Crippen LogP contribution in [-0.4, -0.2) is 9.97 Å². The van der Waals surface area contributed by atoms with Gasteiger partial charge in [-0.3, -0.25) is 0 Å². The topological polar surface area (TPSA) is 25.8 Å². The van der Waals surface area contributed by atoms with Gasteiger partial charge in [0, 0.05) is 0 Å². The minimum atomic E-state index is -0.275. The molecule has 0 aliphatic heterocycles. The van der Waals surface area contributed by atoms with E-state index in [0.29, 0.717) is 21.3 Å². The minimum Gasteiger partial charge on any atom is -0.227 e. The monoisotopic (exact) mass is 240 g/mol. The third kappa shape index (κ3) is 1.42. The van der Waals surface area contributed by atoms with Crippen molar-refractivity contribution in [1.82, 2.24) is 9.97 Å². The van der Waals surface area contributed by atoms with Crippen LogP contribution in [0.4, 0.5) is 4.39 Å². The quantitative estimate of drug-likeness (QED) is 0.662. The standard InChI is InChI=1S/C9H6BrFN2/c1-5-8-6(11)3-2-4-7(8)13-9(10)12-5/h2-4H,1H3. The molecule has 0 spiro atoms. The number of benzene rings is 1. The summed E-state index contributed by atoms with van der Waals surface area (Å²) in [6.07, 6.45) is 0. The molecule has 0 radical (unpaired) electrons. The SMILES string of the molecule is Cc1nc(Br)nc2cccc(F)c12. The number of rotatable bonds is 0. The Labute approximate surface area is 83.0 Å². The van der Waals surface area contributed by atoms with Crippen LogP contribution in [0.3, 0.4) is 0 Å². The van der Waals surface area contributed by atoms with E-state index in [1.54, 1.807) is 19.1 Å². The van der Waals surface area contributed by atoms with E-state index in [1.807, 2.05) is 0 Å². The Morgan fingerprint density at radius 3 is 2.85 bits per heavy atom. The second-order valence-electron chi connectivity index (χ2n) is 2.71. The van der Waals surface area contributed by atoms with E-state index >= 15 is 0 Å². The van der Waals surface area contributed by atoms with Gasteiger partial charge in [0.15, 0.2) is 4.73 Å². The van der Waals surface area contributed by atoms with Crippen molar-refractivity contribution < 1.29 is 4.39 Å². The molecular weight excluding hydrogens is 235 g/mol. The van der Waals surface area contributed by atoms with Gasteiger partial charge in [0.2, 0.25) is 0 Å². The zero-order valence-corrected chi connectivity index (χ0v) is 8.47. The summed E-state index contributed by atoms with van der Waals surface area (Å²) < 4.78 is 13.8. The van der Waals surface area contributed by atoms with Gasteiger partial charge in [-0.2, -0.15) is 0 Å². The Balaban J connectivity index is 2.94. The molecule has 4 heteroatoms. The van der Waals surface area contributed by atoms with Crippen LogP contribution in [0.25, 0.3) is 10.9 Å². The van der Waals surface area contributed by atoms with E-state index in [-0.39, 0.29) is 5.82 Å². The Hall–Kier alpha value is -1.03. The summed E-state index contributed by atoms with van der Waals surface area (Å²) in [5, 5.41) is 0.491. The van der Waals surface area contributed by atoms with E-state index in [2.05, 4.69) is 25.9 Å². The molecule has 0 bridgehead atoms. The number of hydrogen-bond acceptors (Lipinski definition) is 2. The highest BCUT2D eigenvalue weighted by Gasteiger charge is 2.06. The van der Waals surface area contributed by atoms with Gasteiger partial charge in [0.05, 0.1) is 16.6 Å². The van der Waals surface area contributed by atoms with Crippen LogP contribution in [0.1, 0.15) is 5.69 Å². The molecule has 0 aliphatic carbocycles. The Morgan fingerprint density at radius 1 is 1.31 bits per heavy atom. The van der Waals surface area contributed by atoms with Crippen LogP contribution in [-0.2, 0) is 0 Å². The maximum absolute atomic E-state index is 13.3. The number of fused-ring (bicyclic) bond motifs is 1. The van der Waals surface area contributed by atoms with Crippen molar-refractivity contribution in [2.24, 2.45) is 0 Å². The second-order valence-corrected chi connectivity index (χ2v) is 3.42. The molecule has 0 fully saturated rings. The van der Waals surface area contributed by atoms with Crippen LogP contribution in [0.15, 0.2) is 22.9 Å². The van der Waals surface area contributed by atoms with E-state index in [1.165, 1.54) is 6.07 Å². The zero-order valence-electron chi connectivity index (χ0n) is 6.88. The summed E-state index contributed by atoms with van der Waals surface area (Å²) in [5.74, 6) is -0.275. The van der Waals surface area contributed by atoms with Gasteiger partial charge in [0.25, 0.3) is 0 Å². The lowest BCUT2D eigenvalue weighted by molar-refractivity contribution is 0.638. The Bertz CT molecular complexity index is 470. The zero-order chi connectivity index (χ0) is 9.42. The molecule has 1 heterocycles. The predicted molar refractivity (Wildman–Crippen MR) is 51.9 cm³/mol. The first kappa shape index (κ1) is 8.56. The third-order valence-corrected chi connectivity index (χ3v) is 2.18. The van der Waals surface area contributed by atoms with Gasteiger partial charge in [-0.05, 0) is 35.0 Å². The molecule has 2 nitrogen and oxygen atoms in total. The molecule has 1 aromatic heterocycles. The van der Waals surface area contributed by atoms with Gasteiger partial charge >= 0.3 is 0 Å². The van der Waals surface area contributed by atoms with Gasteiger partial charge in [-0.15, -0.1) is 0 Å². The predicted octanol–water partition coefficient (Wildman–Crippen LogP) is 2.84. The fourth-order valence-electron chi connectivity index (χ4n) is 1.28. The summed E-state index contributed by atoms with van der Waals surface area (Å²) in [7, 11) is 0. The van der Waals surface area contributed by atoms with Crippen molar-refractivity contribution in [3.8, 4) is 0 Å². The van der Waals surface area contributed by atoms with Crippen LogP contribution >= 0.6 is 15.9 Å². The van der Waals surface area contributed by atoms with Crippen molar-refractivity contribution >= 4 is 26.8 Å². The number of aryl methyl sites for hydroxylation is 1. The molecule has 0 N–H and O–H groups in total. The molecule has 1 aromatic carbocycles. The molecule has 0 unspecified atom stereocenters. The molecule has 0 saturated carbocycles. The minimum absolute atomic E-state index is 0.275. The molecular formula is C9H6BrFN2. The maximum Gasteiger partial charge on any atom is 0.197 e. The van der Waals surface area contributed by atoms with E-state index in [0.717, 1.165) is 0 Å². The highest BCUT2D eigenvalue weighted by Crippen LogP contribution is 2.20. The molecule has 2 rings (SSSR count). The van der Waals surface area contributed by atoms with Crippen LogP contribution in [0, 0.1) is 12.7 Å². The van der Waals surface area contributed by atoms with Crippen molar-refractivity contribution in [3.05, 3.63) is 34.4 Å². The first-order valence-electron chi connectivity index (χ1n) is 3.77. The first-order chi connectivity index (χ1) is 6.18. The summed E-state index contributed by atoms with van der Waals surface area (Å²) in [5.41, 5.74) is 1.27. The van der Waals surface area contributed by atoms with Crippen molar-refractivity contribution in [2.45, 2.75) is 6.92 Å². The van der Waals surface area contributed by atoms with Gasteiger partial charge in [-0.25, -0.2) is 14.4 Å². The molecule has 13 heavy (non-hydrogen) atoms. The van der Waals surface area contributed by atoms with Crippen LogP contribution in [0.5, 0.6) is 0 Å². The van der Waals surface area contributed by atoms with Crippen LogP contribution in [0.2, 0.25) is 0 Å². The second kappa shape index (κ2) is 3.03. The molecule has 0 atom stereocenters. The Morgan fingerprint density at radius 2 is 2.08 bits per heavy atom. The smallest absolute Gasteiger partial charge is 0.197 e. The highest BCUT2D eigenvalue weighted by molar-refractivity contribution is 9.10. The summed E-state index contributed by atoms with van der Waals surface area (Å²) in [6.45, 7) is 1.76. The lowest BCUT2D eigenvalue weighted by Crippen LogP contribution is -1.92. The van der Waals surface area contributed by atoms with Crippen molar-refractivity contribution in [1.29, 1.82) is 0 Å². The first-order valence-corrected chi connectivity index (χ1v) is 4.56. The number of halogens is 2. The van der Waals surface area contributed by atoms with Crippen molar-refractivity contribution in [3.63, 3.8) is 0 Å². The fraction of sp³-hybridized carbons (Fsp3) is 0.111. The number of aromatic nitrogens is 2. The maximum atomic E-state index is 13.3. The van der Waals surface area contributed by atoms with Crippen LogP contribution < -0.4 is 0 Å². The lowest BCUT2D eigenvalue weighted by atomic mass is 10.2. The molecule has 0 aliphatic rings. The molecule has 0 saturated heterocycles. The summed E-state index contributed by atoms with van der Waals surface area (Å²) in [6, 6.07) is 4.81. The average molecular weight is 241 g/mol. The largest absolute Gasteiger partial charge is 0.227 e. The number of hydrogen-bond donors (Lipinski definition) is 0. The molecule has 2 aromatic rings. The van der Waals surface area contributed by atoms with E-state index < -0.39 is 0 Å². The number of nitrogens with zero attached hydrogens (tertiary/aromatic N) is 2. The van der Waals surface area contributed by atoms with E-state index in [4.69, 9.17) is 0 Å². The Kier molecular flexibility index (Phi) is 2.00. The van der Waals surface area contributed by atoms with Gasteiger partial charge in [0.1, 0.15) is 5.82 Å². The normalized spacial score (nSPS) is 10.7. The summed E-state index contributed by atoms with van der Waals surface area (Å²) in [4.78, 5) is 8.09. The van der Waals surface area contributed by atoms with E-state index in [9.17, 15) is 4.39 Å².